The maximum absolute atomic E-state index is 3.94. The molecule has 42 valence electrons. The summed E-state index contributed by atoms with van der Waals surface area (Å²) in [5, 5.41) is 8.27. The zero-order valence-electron chi connectivity index (χ0n) is 4.59. The zero-order valence-corrected chi connectivity index (χ0v) is 5.40. The zero-order chi connectivity index (χ0) is 6.10. The largest absolute Gasteiger partial charge is 0.264 e. The van der Waals surface area contributed by atoms with Crippen LogP contribution in [0.5, 0.6) is 0 Å². The Morgan fingerprint density at radius 1 is 1.33 bits per heavy atom. The summed E-state index contributed by atoms with van der Waals surface area (Å²) in [6.07, 6.45) is 3.56. The third-order valence-corrected chi connectivity index (χ3v) is 1.79. The van der Waals surface area contributed by atoms with E-state index >= 15 is 0 Å². The van der Waals surface area contributed by atoms with Crippen LogP contribution in [0.15, 0.2) is 18.5 Å². The van der Waals surface area contributed by atoms with Crippen LogP contribution in [0.4, 0.5) is 0 Å². The number of rotatable bonds is 0. The number of thiophene rings is 1. The normalized spacial score (nSPS) is 10.2. The van der Waals surface area contributed by atoms with Crippen molar-refractivity contribution < 1.29 is 0 Å². The first-order chi connectivity index (χ1) is 4.47. The Morgan fingerprint density at radius 2 is 2.22 bits per heavy atom. The molecule has 0 unspecified atom stereocenters. The molecule has 0 aromatic carbocycles. The fourth-order valence-electron chi connectivity index (χ4n) is 0.700. The predicted molar refractivity (Wildman–Crippen MR) is 37.3 cm³/mol. The van der Waals surface area contributed by atoms with Crippen molar-refractivity contribution in [3.8, 4) is 0 Å². The van der Waals surface area contributed by atoms with Crippen molar-refractivity contribution >= 4 is 22.1 Å². The number of hydrogen-bond donors (Lipinski definition) is 0. The van der Waals surface area contributed by atoms with Gasteiger partial charge in [-0.25, -0.2) is 0 Å². The van der Waals surface area contributed by atoms with Gasteiger partial charge < -0.3 is 0 Å². The summed E-state index contributed by atoms with van der Waals surface area (Å²) >= 11 is 1.46. The molecule has 0 amide bonds. The van der Waals surface area contributed by atoms with Gasteiger partial charge in [0.05, 0.1) is 10.8 Å². The molecule has 0 N–H and O–H groups in total. The number of fused-ring (bicyclic) bond motifs is 1. The van der Waals surface area contributed by atoms with Crippen molar-refractivity contribution in [3.63, 3.8) is 0 Å². The van der Waals surface area contributed by atoms with E-state index in [0.29, 0.717) is 0 Å². The van der Waals surface area contributed by atoms with Gasteiger partial charge in [-0.15, -0.1) is 11.3 Å². The lowest BCUT2D eigenvalue weighted by Crippen LogP contribution is -1.65. The van der Waals surface area contributed by atoms with Crippen LogP contribution in [0.2, 0.25) is 0 Å². The van der Waals surface area contributed by atoms with Crippen molar-refractivity contribution in [1.82, 2.24) is 4.98 Å². The average Bonchev–Trinajstić information content (AvgIpc) is 2.33. The Bertz CT molecular complexity index is 283. The lowest BCUT2D eigenvalue weighted by molar-refractivity contribution is 1.37. The van der Waals surface area contributed by atoms with Gasteiger partial charge in [0, 0.05) is 23.2 Å². The molecule has 0 saturated heterocycles. The average molecular weight is 133 g/mol. The standard InChI is InChI=1S/C7H3NS/c1-2-8-3-7-5-9-4-6(1)7/h1-3H. The molecule has 2 aromatic rings. The van der Waals surface area contributed by atoms with E-state index in [-0.39, 0.29) is 0 Å². The lowest BCUT2D eigenvalue weighted by atomic mass is 10.3. The second kappa shape index (κ2) is 1.81. The highest BCUT2D eigenvalue weighted by Gasteiger charge is 1.90. The van der Waals surface area contributed by atoms with Gasteiger partial charge in [-0.05, 0) is 6.07 Å². The second-order valence-electron chi connectivity index (χ2n) is 1.73. The number of aromatic nitrogens is 1. The molecule has 2 aromatic heterocycles. The van der Waals surface area contributed by atoms with Crippen LogP contribution in [0.3, 0.4) is 0 Å². The first-order valence-electron chi connectivity index (χ1n) is 2.59. The number of pyridine rings is 1. The van der Waals surface area contributed by atoms with Crippen LogP contribution in [0.1, 0.15) is 0 Å². The molecule has 0 bridgehead atoms. The molecule has 9 heavy (non-hydrogen) atoms. The van der Waals surface area contributed by atoms with Gasteiger partial charge in [0.1, 0.15) is 0 Å². The summed E-state index contributed by atoms with van der Waals surface area (Å²) in [5.41, 5.74) is 0. The molecule has 2 rings (SSSR count). The third kappa shape index (κ3) is 0.715. The van der Waals surface area contributed by atoms with Crippen molar-refractivity contribution in [2.75, 3.05) is 0 Å². The second-order valence-corrected chi connectivity index (χ2v) is 2.34. The molecule has 0 spiro atoms. The van der Waals surface area contributed by atoms with E-state index in [9.17, 15) is 0 Å². The summed E-state index contributed by atoms with van der Waals surface area (Å²) < 4.78 is 0. The van der Waals surface area contributed by atoms with Crippen molar-refractivity contribution in [2.24, 2.45) is 0 Å². The highest BCUT2D eigenvalue weighted by molar-refractivity contribution is 7.08. The topological polar surface area (TPSA) is 12.9 Å². The smallest absolute Gasteiger partial charge is 0.0550 e. The lowest BCUT2D eigenvalue weighted by Gasteiger charge is -1.81. The van der Waals surface area contributed by atoms with E-state index in [1.807, 2.05) is 6.07 Å². The Morgan fingerprint density at radius 3 is 3.11 bits per heavy atom. The SMILES string of the molecule is [c]1s[c]c2cnccc12. The Labute approximate surface area is 57.0 Å². The minimum atomic E-state index is 1.06. The van der Waals surface area contributed by atoms with Crippen LogP contribution in [-0.2, 0) is 0 Å². The van der Waals surface area contributed by atoms with Gasteiger partial charge in [-0.1, -0.05) is 0 Å². The number of hydrogen-bond acceptors (Lipinski definition) is 2. The monoisotopic (exact) mass is 133 g/mol. The molecule has 0 aliphatic heterocycles. The van der Waals surface area contributed by atoms with Crippen LogP contribution in [0.25, 0.3) is 10.8 Å². The summed E-state index contributed by atoms with van der Waals surface area (Å²) in [7, 11) is 0. The van der Waals surface area contributed by atoms with Crippen LogP contribution in [0, 0.1) is 10.8 Å². The summed E-state index contributed by atoms with van der Waals surface area (Å²) in [6, 6.07) is 1.93. The van der Waals surface area contributed by atoms with Crippen LogP contribution < -0.4 is 0 Å². The van der Waals surface area contributed by atoms with E-state index in [4.69, 9.17) is 0 Å². The van der Waals surface area contributed by atoms with E-state index < -0.39 is 0 Å². The highest BCUT2D eigenvalue weighted by atomic mass is 32.1. The molecule has 2 heteroatoms. The first-order valence-corrected chi connectivity index (χ1v) is 3.40. The van der Waals surface area contributed by atoms with Gasteiger partial charge in [-0.3, -0.25) is 4.98 Å². The molecule has 2 radical (unpaired) electrons. The summed E-state index contributed by atoms with van der Waals surface area (Å²) in [6.45, 7) is 0. The van der Waals surface area contributed by atoms with E-state index in [1.54, 1.807) is 12.4 Å². The Hall–Kier alpha value is -0.890. The Kier molecular flexibility index (Phi) is 0.993. The van der Waals surface area contributed by atoms with Gasteiger partial charge in [0.2, 0.25) is 0 Å². The molecule has 0 atom stereocenters. The van der Waals surface area contributed by atoms with E-state index in [0.717, 1.165) is 10.8 Å². The van der Waals surface area contributed by atoms with Gasteiger partial charge in [0.25, 0.3) is 0 Å². The minimum absolute atomic E-state index is 1.06. The van der Waals surface area contributed by atoms with Gasteiger partial charge >= 0.3 is 0 Å². The fourth-order valence-corrected chi connectivity index (χ4v) is 1.31. The molecule has 1 nitrogen and oxygen atoms in total. The minimum Gasteiger partial charge on any atom is -0.264 e. The molecule has 0 aliphatic rings. The van der Waals surface area contributed by atoms with Crippen LogP contribution >= 0.6 is 11.3 Å². The Balaban J connectivity index is 2.95. The highest BCUT2D eigenvalue weighted by Crippen LogP contribution is 2.14. The molecule has 2 heterocycles. The van der Waals surface area contributed by atoms with Crippen molar-refractivity contribution in [3.05, 3.63) is 29.2 Å². The predicted octanol–water partition coefficient (Wildman–Crippen LogP) is 1.90. The van der Waals surface area contributed by atoms with Gasteiger partial charge in [-0.2, -0.15) is 0 Å². The summed E-state index contributed by atoms with van der Waals surface area (Å²) in [5.74, 6) is 0. The first kappa shape index (κ1) is 4.94. The molecule has 0 saturated carbocycles. The maximum Gasteiger partial charge on any atom is 0.0550 e. The quantitative estimate of drug-likeness (QED) is 0.534. The molecular formula is C7H3NS. The number of nitrogens with zero attached hydrogens (tertiary/aromatic N) is 1. The third-order valence-electron chi connectivity index (χ3n) is 1.14. The maximum atomic E-state index is 3.94. The molecular weight excluding hydrogens is 130 g/mol. The molecule has 0 aliphatic carbocycles. The van der Waals surface area contributed by atoms with Crippen molar-refractivity contribution in [1.29, 1.82) is 0 Å². The van der Waals surface area contributed by atoms with Crippen LogP contribution in [-0.4, -0.2) is 4.98 Å². The van der Waals surface area contributed by atoms with Gasteiger partial charge in [0.15, 0.2) is 0 Å². The fraction of sp³-hybridized carbons (Fsp3) is 0. The van der Waals surface area contributed by atoms with E-state index in [1.165, 1.54) is 11.3 Å². The van der Waals surface area contributed by atoms with Crippen molar-refractivity contribution in [2.45, 2.75) is 0 Å². The summed E-state index contributed by atoms with van der Waals surface area (Å²) in [4.78, 5) is 3.94. The molecule has 0 fully saturated rings. The van der Waals surface area contributed by atoms with E-state index in [2.05, 4.69) is 15.7 Å².